The van der Waals surface area contributed by atoms with E-state index in [1.54, 1.807) is 24.3 Å². The van der Waals surface area contributed by atoms with Crippen molar-refractivity contribution in [3.8, 4) is 5.75 Å². The lowest BCUT2D eigenvalue weighted by Crippen LogP contribution is -2.09. The van der Waals surface area contributed by atoms with E-state index in [1.165, 1.54) is 0 Å². The third-order valence-electron chi connectivity index (χ3n) is 2.71. The number of aryl methyl sites for hydroxylation is 1. The zero-order chi connectivity index (χ0) is 13.5. The molecule has 3 nitrogen and oxygen atoms in total. The Labute approximate surface area is 111 Å². The minimum absolute atomic E-state index is 0.275. The Kier molecular flexibility index (Phi) is 4.45. The summed E-state index contributed by atoms with van der Waals surface area (Å²) in [5.41, 5.74) is 1.67. The molecule has 2 aromatic rings. The molecule has 0 bridgehead atoms. The molecule has 0 fully saturated rings. The van der Waals surface area contributed by atoms with Crippen molar-refractivity contribution < 1.29 is 14.3 Å². The van der Waals surface area contributed by atoms with Crippen molar-refractivity contribution in [2.45, 2.75) is 12.8 Å². The number of hydrogen-bond donors (Lipinski definition) is 0. The summed E-state index contributed by atoms with van der Waals surface area (Å²) in [5.74, 6) is 0.186. The second kappa shape index (κ2) is 6.50. The van der Waals surface area contributed by atoms with Gasteiger partial charge in [-0.15, -0.1) is 0 Å². The van der Waals surface area contributed by atoms with E-state index in [9.17, 15) is 9.59 Å². The molecule has 0 aromatic heterocycles. The summed E-state index contributed by atoms with van der Waals surface area (Å²) in [5, 5.41) is 0. The second-order valence-corrected chi connectivity index (χ2v) is 4.15. The molecule has 3 heteroatoms. The van der Waals surface area contributed by atoms with E-state index >= 15 is 0 Å². The largest absolute Gasteiger partial charge is 0.427 e. The quantitative estimate of drug-likeness (QED) is 0.468. The molecule has 0 saturated heterocycles. The highest BCUT2D eigenvalue weighted by Gasteiger charge is 2.05. The average Bonchev–Trinajstić information content (AvgIpc) is 2.47. The van der Waals surface area contributed by atoms with E-state index in [1.807, 2.05) is 30.3 Å². The third-order valence-corrected chi connectivity index (χ3v) is 2.71. The van der Waals surface area contributed by atoms with Crippen LogP contribution in [0.25, 0.3) is 0 Å². The van der Waals surface area contributed by atoms with Gasteiger partial charge in [-0.2, -0.15) is 0 Å². The van der Waals surface area contributed by atoms with Crippen LogP contribution >= 0.6 is 0 Å². The standard InChI is InChI=1S/C16H14O3/c17-12-14-6-9-15(10-7-14)19-16(18)11-8-13-4-2-1-3-5-13/h1-7,9-10,12H,8,11H2. The van der Waals surface area contributed by atoms with Gasteiger partial charge in [0, 0.05) is 12.0 Å². The van der Waals surface area contributed by atoms with Crippen molar-refractivity contribution in [3.63, 3.8) is 0 Å². The Hall–Kier alpha value is -2.42. The maximum atomic E-state index is 11.6. The molecule has 0 aliphatic rings. The summed E-state index contributed by atoms with van der Waals surface area (Å²) in [6.07, 6.45) is 1.74. The smallest absolute Gasteiger partial charge is 0.311 e. The molecule has 0 unspecified atom stereocenters. The molecule has 0 amide bonds. The van der Waals surface area contributed by atoms with Gasteiger partial charge in [-0.05, 0) is 36.2 Å². The van der Waals surface area contributed by atoms with Gasteiger partial charge in [0.25, 0.3) is 0 Å². The first-order valence-electron chi connectivity index (χ1n) is 6.08. The van der Waals surface area contributed by atoms with Crippen molar-refractivity contribution in [1.29, 1.82) is 0 Å². The Bertz CT molecular complexity index is 544. The van der Waals surface area contributed by atoms with E-state index in [0.717, 1.165) is 11.8 Å². The molecule has 19 heavy (non-hydrogen) atoms. The molecule has 2 rings (SSSR count). The van der Waals surface area contributed by atoms with E-state index in [2.05, 4.69) is 0 Å². The van der Waals surface area contributed by atoms with Crippen LogP contribution in [-0.4, -0.2) is 12.3 Å². The average molecular weight is 254 g/mol. The lowest BCUT2D eigenvalue weighted by Gasteiger charge is -2.04. The summed E-state index contributed by atoms with van der Waals surface area (Å²) in [4.78, 5) is 22.1. The predicted molar refractivity (Wildman–Crippen MR) is 72.2 cm³/mol. The van der Waals surface area contributed by atoms with Gasteiger partial charge in [-0.3, -0.25) is 9.59 Å². The Balaban J connectivity index is 1.85. The van der Waals surface area contributed by atoms with Crippen LogP contribution in [0.15, 0.2) is 54.6 Å². The zero-order valence-corrected chi connectivity index (χ0v) is 10.4. The van der Waals surface area contributed by atoms with E-state index < -0.39 is 0 Å². The summed E-state index contributed by atoms with van der Waals surface area (Å²) in [6, 6.07) is 16.3. The van der Waals surface area contributed by atoms with Crippen LogP contribution in [0, 0.1) is 0 Å². The molecule has 0 saturated carbocycles. The third kappa shape index (κ3) is 4.07. The predicted octanol–water partition coefficient (Wildman–Crippen LogP) is 3.04. The topological polar surface area (TPSA) is 43.4 Å². The molecule has 0 N–H and O–H groups in total. The van der Waals surface area contributed by atoms with E-state index in [4.69, 9.17) is 4.74 Å². The summed E-state index contributed by atoms with van der Waals surface area (Å²) in [7, 11) is 0. The highest BCUT2D eigenvalue weighted by Crippen LogP contribution is 2.12. The monoisotopic (exact) mass is 254 g/mol. The normalized spacial score (nSPS) is 9.89. The summed E-state index contributed by atoms with van der Waals surface area (Å²) >= 11 is 0. The lowest BCUT2D eigenvalue weighted by atomic mass is 10.1. The fourth-order valence-electron chi connectivity index (χ4n) is 1.69. The number of esters is 1. The molecular weight excluding hydrogens is 240 g/mol. The van der Waals surface area contributed by atoms with Gasteiger partial charge >= 0.3 is 5.97 Å². The highest BCUT2D eigenvalue weighted by molar-refractivity contribution is 5.76. The van der Waals surface area contributed by atoms with Gasteiger partial charge in [-0.1, -0.05) is 30.3 Å². The Morgan fingerprint density at radius 2 is 1.68 bits per heavy atom. The maximum absolute atomic E-state index is 11.6. The number of aldehydes is 1. The minimum Gasteiger partial charge on any atom is -0.427 e. The van der Waals surface area contributed by atoms with Crippen molar-refractivity contribution in [2.24, 2.45) is 0 Å². The summed E-state index contributed by atoms with van der Waals surface area (Å²) in [6.45, 7) is 0. The van der Waals surface area contributed by atoms with Gasteiger partial charge in [-0.25, -0.2) is 0 Å². The summed E-state index contributed by atoms with van der Waals surface area (Å²) < 4.78 is 5.18. The Morgan fingerprint density at radius 3 is 2.32 bits per heavy atom. The molecule has 0 radical (unpaired) electrons. The van der Waals surface area contributed by atoms with Crippen molar-refractivity contribution in [1.82, 2.24) is 0 Å². The zero-order valence-electron chi connectivity index (χ0n) is 10.4. The first kappa shape index (κ1) is 13.0. The molecule has 0 atom stereocenters. The molecule has 96 valence electrons. The fourth-order valence-corrected chi connectivity index (χ4v) is 1.69. The van der Waals surface area contributed by atoms with Crippen molar-refractivity contribution in [2.75, 3.05) is 0 Å². The molecule has 2 aromatic carbocycles. The number of hydrogen-bond acceptors (Lipinski definition) is 3. The SMILES string of the molecule is O=Cc1ccc(OC(=O)CCc2ccccc2)cc1. The fraction of sp³-hybridized carbons (Fsp3) is 0.125. The van der Waals surface area contributed by atoms with Crippen LogP contribution in [0.4, 0.5) is 0 Å². The first-order valence-corrected chi connectivity index (χ1v) is 6.08. The first-order chi connectivity index (χ1) is 9.28. The van der Waals surface area contributed by atoms with Crippen molar-refractivity contribution in [3.05, 3.63) is 65.7 Å². The van der Waals surface area contributed by atoms with Gasteiger partial charge in [0.2, 0.25) is 0 Å². The number of benzene rings is 2. The van der Waals surface area contributed by atoms with Gasteiger partial charge in [0.15, 0.2) is 0 Å². The Morgan fingerprint density at radius 1 is 1.00 bits per heavy atom. The molecule has 0 spiro atoms. The number of carbonyl (C=O) groups excluding carboxylic acids is 2. The van der Waals surface area contributed by atoms with Crippen LogP contribution in [0.1, 0.15) is 22.3 Å². The number of rotatable bonds is 5. The molecular formula is C16H14O3. The van der Waals surface area contributed by atoms with E-state index in [0.29, 0.717) is 24.2 Å². The van der Waals surface area contributed by atoms with Crippen LogP contribution < -0.4 is 4.74 Å². The lowest BCUT2D eigenvalue weighted by molar-refractivity contribution is -0.134. The maximum Gasteiger partial charge on any atom is 0.311 e. The van der Waals surface area contributed by atoms with E-state index in [-0.39, 0.29) is 5.97 Å². The number of ether oxygens (including phenoxy) is 1. The van der Waals surface area contributed by atoms with Gasteiger partial charge in [0.1, 0.15) is 12.0 Å². The van der Waals surface area contributed by atoms with Crippen LogP contribution in [0.5, 0.6) is 5.75 Å². The molecule has 0 aliphatic heterocycles. The van der Waals surface area contributed by atoms with Gasteiger partial charge in [0.05, 0.1) is 0 Å². The van der Waals surface area contributed by atoms with Crippen LogP contribution in [0.3, 0.4) is 0 Å². The van der Waals surface area contributed by atoms with Crippen molar-refractivity contribution >= 4 is 12.3 Å². The second-order valence-electron chi connectivity index (χ2n) is 4.15. The van der Waals surface area contributed by atoms with Crippen LogP contribution in [-0.2, 0) is 11.2 Å². The van der Waals surface area contributed by atoms with Crippen LogP contribution in [0.2, 0.25) is 0 Å². The minimum atomic E-state index is -0.275. The molecule has 0 aliphatic carbocycles. The highest BCUT2D eigenvalue weighted by atomic mass is 16.5. The number of carbonyl (C=O) groups is 2. The van der Waals surface area contributed by atoms with Gasteiger partial charge < -0.3 is 4.74 Å². The molecule has 0 heterocycles.